The lowest BCUT2D eigenvalue weighted by atomic mass is 9.68. The minimum absolute atomic E-state index is 0.129. The number of rotatable bonds is 3. The normalized spacial score (nSPS) is 23.3. The molecule has 1 saturated carbocycles. The molecule has 2 aliphatic rings. The fourth-order valence-electron chi connectivity index (χ4n) is 4.63. The first-order valence-electron chi connectivity index (χ1n) is 12.2. The average molecular weight is 584 g/mol. The average Bonchev–Trinajstić information content (AvgIpc) is 3.32. The number of hydrogen-bond acceptors (Lipinski definition) is 8. The SMILES string of the molecule is Cc1nnc(-c2ccc(N3CCCC(C4(N)CCCCC4N)C3)cc2)o1.O=C(O)C(F)(F)F.O=C(O)C(F)(F)F. The van der Waals surface area contributed by atoms with E-state index >= 15 is 0 Å². The Morgan fingerprint density at radius 1 is 0.975 bits per heavy atom. The number of aliphatic carboxylic acids is 2. The van der Waals surface area contributed by atoms with Crippen LogP contribution in [0.25, 0.3) is 11.5 Å². The summed E-state index contributed by atoms with van der Waals surface area (Å²) < 4.78 is 69.0. The van der Waals surface area contributed by atoms with Crippen LogP contribution in [0.1, 0.15) is 44.4 Å². The number of carboxylic acids is 2. The van der Waals surface area contributed by atoms with Crippen molar-refractivity contribution < 1.29 is 50.6 Å². The first kappa shape index (κ1) is 32.8. The van der Waals surface area contributed by atoms with Crippen LogP contribution in [0.5, 0.6) is 0 Å². The molecule has 0 amide bonds. The lowest BCUT2D eigenvalue weighted by molar-refractivity contribution is -0.193. The molecule has 1 aromatic heterocycles. The molecule has 1 saturated heterocycles. The van der Waals surface area contributed by atoms with E-state index in [0.29, 0.717) is 17.7 Å². The number of carbonyl (C=O) groups is 2. The maximum Gasteiger partial charge on any atom is 0.490 e. The van der Waals surface area contributed by atoms with Crippen molar-refractivity contribution in [3.63, 3.8) is 0 Å². The molecule has 1 aliphatic carbocycles. The summed E-state index contributed by atoms with van der Waals surface area (Å²) >= 11 is 0. The second kappa shape index (κ2) is 13.3. The van der Waals surface area contributed by atoms with Gasteiger partial charge in [0.05, 0.1) is 0 Å². The highest BCUT2D eigenvalue weighted by Gasteiger charge is 2.43. The van der Waals surface area contributed by atoms with Crippen LogP contribution in [-0.2, 0) is 9.59 Å². The molecule has 3 unspecified atom stereocenters. The van der Waals surface area contributed by atoms with Gasteiger partial charge >= 0.3 is 24.3 Å². The van der Waals surface area contributed by atoms with Crippen LogP contribution in [0.2, 0.25) is 0 Å². The fraction of sp³-hybridized carbons (Fsp3) is 0.583. The van der Waals surface area contributed by atoms with Crippen molar-refractivity contribution in [3.05, 3.63) is 30.2 Å². The van der Waals surface area contributed by atoms with E-state index in [4.69, 9.17) is 35.7 Å². The molecule has 2 aromatic rings. The third-order valence-electron chi connectivity index (χ3n) is 6.74. The molecule has 6 N–H and O–H groups in total. The molecule has 1 aliphatic heterocycles. The molecule has 40 heavy (non-hydrogen) atoms. The molecule has 0 spiro atoms. The zero-order valence-corrected chi connectivity index (χ0v) is 21.5. The van der Waals surface area contributed by atoms with Gasteiger partial charge < -0.3 is 31.0 Å². The van der Waals surface area contributed by atoms with Crippen molar-refractivity contribution >= 4 is 17.6 Å². The van der Waals surface area contributed by atoms with Crippen molar-refractivity contribution in [2.45, 2.75) is 69.4 Å². The van der Waals surface area contributed by atoms with E-state index in [0.717, 1.165) is 31.5 Å². The summed E-state index contributed by atoms with van der Waals surface area (Å²) in [6.45, 7) is 3.86. The maximum absolute atomic E-state index is 10.6. The van der Waals surface area contributed by atoms with E-state index in [1.54, 1.807) is 6.92 Å². The summed E-state index contributed by atoms with van der Waals surface area (Å²) in [5.41, 5.74) is 15.3. The van der Waals surface area contributed by atoms with Crippen LogP contribution in [0.4, 0.5) is 32.0 Å². The Labute approximate surface area is 225 Å². The van der Waals surface area contributed by atoms with Crippen LogP contribution in [0.3, 0.4) is 0 Å². The quantitative estimate of drug-likeness (QED) is 0.386. The van der Waals surface area contributed by atoms with Crippen LogP contribution in [-0.4, -0.2) is 69.4 Å². The second-order valence-corrected chi connectivity index (χ2v) is 9.53. The summed E-state index contributed by atoms with van der Waals surface area (Å²) in [5.74, 6) is -3.90. The van der Waals surface area contributed by atoms with E-state index in [1.165, 1.54) is 31.4 Å². The molecule has 4 rings (SSSR count). The fourth-order valence-corrected chi connectivity index (χ4v) is 4.63. The number of nitrogens with zero attached hydrogens (tertiary/aromatic N) is 3. The molecule has 224 valence electrons. The van der Waals surface area contributed by atoms with E-state index in [1.807, 2.05) is 0 Å². The zero-order valence-electron chi connectivity index (χ0n) is 21.5. The Morgan fingerprint density at radius 2 is 1.52 bits per heavy atom. The van der Waals surface area contributed by atoms with Gasteiger partial charge in [-0.1, -0.05) is 12.8 Å². The number of piperidine rings is 1. The van der Waals surface area contributed by atoms with Crippen molar-refractivity contribution in [1.82, 2.24) is 10.2 Å². The maximum atomic E-state index is 10.6. The van der Waals surface area contributed by atoms with E-state index in [9.17, 15) is 26.3 Å². The van der Waals surface area contributed by atoms with Gasteiger partial charge in [-0.2, -0.15) is 26.3 Å². The van der Waals surface area contributed by atoms with E-state index in [-0.39, 0.29) is 11.6 Å². The number of benzene rings is 1. The number of alkyl halides is 6. The third kappa shape index (κ3) is 9.08. The number of hydrogen-bond donors (Lipinski definition) is 4. The van der Waals surface area contributed by atoms with Crippen molar-refractivity contribution in [3.8, 4) is 11.5 Å². The van der Waals surface area contributed by atoms with E-state index < -0.39 is 24.3 Å². The van der Waals surface area contributed by atoms with Crippen LogP contribution >= 0.6 is 0 Å². The highest BCUT2D eigenvalue weighted by atomic mass is 19.4. The Bertz CT molecular complexity index is 1100. The number of carboxylic acid groups (broad SMARTS) is 2. The van der Waals surface area contributed by atoms with Gasteiger partial charge in [-0.3, -0.25) is 0 Å². The molecule has 2 fully saturated rings. The smallest absolute Gasteiger partial charge is 0.475 e. The Hall–Kier alpha value is -3.40. The summed E-state index contributed by atoms with van der Waals surface area (Å²) in [5, 5.41) is 22.2. The first-order valence-corrected chi connectivity index (χ1v) is 12.2. The van der Waals surface area contributed by atoms with Crippen LogP contribution < -0.4 is 16.4 Å². The van der Waals surface area contributed by atoms with Gasteiger partial charge in [-0.25, -0.2) is 9.59 Å². The van der Waals surface area contributed by atoms with Crippen molar-refractivity contribution in [2.24, 2.45) is 17.4 Å². The number of anilines is 1. The predicted octanol–water partition coefficient (Wildman–Crippen LogP) is 4.13. The largest absolute Gasteiger partial charge is 0.490 e. The van der Waals surface area contributed by atoms with E-state index in [2.05, 4.69) is 39.4 Å². The molecular weight excluding hydrogens is 552 g/mol. The molecule has 0 bridgehead atoms. The summed E-state index contributed by atoms with van der Waals surface area (Å²) in [6, 6.07) is 8.51. The molecular formula is C24H31F6N5O5. The van der Waals surface area contributed by atoms with Crippen LogP contribution in [0.15, 0.2) is 28.7 Å². The summed E-state index contributed by atoms with van der Waals surface area (Å²) in [6.07, 6.45) is -3.28. The Kier molecular flexibility index (Phi) is 10.9. The van der Waals surface area contributed by atoms with Gasteiger partial charge in [0, 0.05) is 42.8 Å². The molecule has 3 atom stereocenters. The molecule has 16 heteroatoms. The second-order valence-electron chi connectivity index (χ2n) is 9.53. The number of halogens is 6. The van der Waals surface area contributed by atoms with Gasteiger partial charge in [0.15, 0.2) is 0 Å². The number of aryl methyl sites for hydroxylation is 1. The Balaban J connectivity index is 0.000000333. The zero-order chi connectivity index (χ0) is 30.3. The van der Waals surface area contributed by atoms with Gasteiger partial charge in [0.2, 0.25) is 11.8 Å². The van der Waals surface area contributed by atoms with Gasteiger partial charge in [-0.05, 0) is 55.9 Å². The van der Waals surface area contributed by atoms with Crippen molar-refractivity contribution in [2.75, 3.05) is 18.0 Å². The third-order valence-corrected chi connectivity index (χ3v) is 6.74. The van der Waals surface area contributed by atoms with Gasteiger partial charge in [-0.15, -0.1) is 10.2 Å². The van der Waals surface area contributed by atoms with Gasteiger partial charge in [0.25, 0.3) is 0 Å². The molecule has 0 radical (unpaired) electrons. The van der Waals surface area contributed by atoms with Crippen molar-refractivity contribution in [1.29, 1.82) is 0 Å². The molecule has 10 nitrogen and oxygen atoms in total. The topological polar surface area (TPSA) is 169 Å². The minimum atomic E-state index is -5.08. The highest BCUT2D eigenvalue weighted by molar-refractivity contribution is 5.73. The monoisotopic (exact) mass is 583 g/mol. The lowest BCUT2D eigenvalue weighted by Gasteiger charge is -2.49. The standard InChI is InChI=1S/C20H29N5O.2C2HF3O2/c1-14-23-24-19(26-14)15-7-9-17(10-8-15)25-12-4-5-16(13-25)20(22)11-3-2-6-18(20)21;2*3-2(4,5)1(6)7/h7-10,16,18H,2-6,11-13,21-22H2,1H3;2*(H,6,7). The molecule has 1 aromatic carbocycles. The summed E-state index contributed by atoms with van der Waals surface area (Å²) in [4.78, 5) is 20.2. The summed E-state index contributed by atoms with van der Waals surface area (Å²) in [7, 11) is 0. The Morgan fingerprint density at radius 3 is 1.98 bits per heavy atom. The molecule has 2 heterocycles. The lowest BCUT2D eigenvalue weighted by Crippen LogP contribution is -2.64. The number of aromatic nitrogens is 2. The van der Waals surface area contributed by atoms with Gasteiger partial charge in [0.1, 0.15) is 0 Å². The first-order chi connectivity index (χ1) is 18.4. The highest BCUT2D eigenvalue weighted by Crippen LogP contribution is 2.37. The number of nitrogens with two attached hydrogens (primary N) is 2. The predicted molar refractivity (Wildman–Crippen MR) is 130 cm³/mol. The van der Waals surface area contributed by atoms with Crippen LogP contribution in [0, 0.1) is 12.8 Å². The minimum Gasteiger partial charge on any atom is -0.475 e.